The number of ether oxygens (including phenoxy) is 2. The van der Waals surface area contributed by atoms with E-state index in [0.717, 1.165) is 33.5 Å². The van der Waals surface area contributed by atoms with E-state index in [1.54, 1.807) is 0 Å². The van der Waals surface area contributed by atoms with Gasteiger partial charge in [0.2, 0.25) is 0 Å². The van der Waals surface area contributed by atoms with E-state index in [9.17, 15) is 14.7 Å². The van der Waals surface area contributed by atoms with Crippen molar-refractivity contribution in [2.24, 2.45) is 30.7 Å². The van der Waals surface area contributed by atoms with Gasteiger partial charge in [-0.05, 0) is 54.0 Å². The number of aromatic nitrogens is 2. The molecule has 1 saturated heterocycles. The first-order valence-corrected chi connectivity index (χ1v) is 11.3. The summed E-state index contributed by atoms with van der Waals surface area (Å²) >= 11 is 0. The highest BCUT2D eigenvalue weighted by Gasteiger charge is 2.53. The van der Waals surface area contributed by atoms with E-state index in [1.165, 1.54) is 7.11 Å². The third kappa shape index (κ3) is 3.60. The fourth-order valence-corrected chi connectivity index (χ4v) is 5.79. The van der Waals surface area contributed by atoms with Crippen molar-refractivity contribution in [1.82, 2.24) is 9.55 Å². The summed E-state index contributed by atoms with van der Waals surface area (Å²) in [6, 6.07) is 14.3. The number of hydrogen-bond donors (Lipinski definition) is 1. The van der Waals surface area contributed by atoms with Crippen molar-refractivity contribution in [3.8, 4) is 11.1 Å². The van der Waals surface area contributed by atoms with Crippen LogP contribution in [0.5, 0.6) is 0 Å². The lowest BCUT2D eigenvalue weighted by molar-refractivity contribution is -0.162. The summed E-state index contributed by atoms with van der Waals surface area (Å²) in [6.07, 6.45) is 0.715. The first kappa shape index (κ1) is 21.6. The first-order valence-electron chi connectivity index (χ1n) is 11.3. The average molecular weight is 449 g/mol. The normalized spacial score (nSPS) is 26.8. The van der Waals surface area contributed by atoms with E-state index in [4.69, 9.17) is 9.47 Å². The van der Waals surface area contributed by atoms with E-state index in [2.05, 4.69) is 27.8 Å². The summed E-state index contributed by atoms with van der Waals surface area (Å²) in [5.74, 6) is -2.24. The Morgan fingerprint density at radius 1 is 1.09 bits per heavy atom. The minimum Gasteiger partial charge on any atom is -0.481 e. The van der Waals surface area contributed by atoms with Gasteiger partial charge in [0.05, 0.1) is 36.6 Å². The zero-order valence-electron chi connectivity index (χ0n) is 19.0. The molecule has 172 valence electrons. The van der Waals surface area contributed by atoms with Crippen LogP contribution in [-0.2, 0) is 26.1 Å². The molecule has 0 amide bonds. The molecular formula is C26H28N2O5. The predicted molar refractivity (Wildman–Crippen MR) is 123 cm³/mol. The highest BCUT2D eigenvalue weighted by atomic mass is 16.5. The summed E-state index contributed by atoms with van der Waals surface area (Å²) in [6.45, 7) is 2.91. The van der Waals surface area contributed by atoms with Gasteiger partial charge in [0.25, 0.3) is 0 Å². The molecule has 1 aliphatic carbocycles. The number of fused-ring (bicyclic) bond motifs is 2. The quantitative estimate of drug-likeness (QED) is 0.611. The number of esters is 1. The number of carbonyl (C=O) groups excluding carboxylic acids is 1. The SMILES string of the molecule is COC(=O)C1C(c2ccc(-c3ccc4c(c3)nc(C)n4C)cc2)CC2COCC2C1C(=O)O. The monoisotopic (exact) mass is 448 g/mol. The van der Waals surface area contributed by atoms with E-state index in [0.29, 0.717) is 19.6 Å². The lowest BCUT2D eigenvalue weighted by atomic mass is 9.61. The summed E-state index contributed by atoms with van der Waals surface area (Å²) < 4.78 is 12.7. The predicted octanol–water partition coefficient (Wildman–Crippen LogP) is 3.79. The molecule has 2 heterocycles. The number of carbonyl (C=O) groups is 2. The van der Waals surface area contributed by atoms with Crippen LogP contribution >= 0.6 is 0 Å². The second-order valence-corrected chi connectivity index (χ2v) is 9.26. The Kier molecular flexibility index (Phi) is 5.44. The fraction of sp³-hybridized carbons (Fsp3) is 0.423. The van der Waals surface area contributed by atoms with E-state index >= 15 is 0 Å². The number of methoxy groups -OCH3 is 1. The van der Waals surface area contributed by atoms with Gasteiger partial charge in [-0.1, -0.05) is 30.3 Å². The molecule has 7 nitrogen and oxygen atoms in total. The number of benzene rings is 2. The van der Waals surface area contributed by atoms with Crippen molar-refractivity contribution in [3.63, 3.8) is 0 Å². The molecule has 0 spiro atoms. The largest absolute Gasteiger partial charge is 0.481 e. The van der Waals surface area contributed by atoms with Gasteiger partial charge in [-0.15, -0.1) is 0 Å². The summed E-state index contributed by atoms with van der Waals surface area (Å²) in [7, 11) is 3.33. The van der Waals surface area contributed by atoms with Gasteiger partial charge in [-0.25, -0.2) is 4.98 Å². The highest BCUT2D eigenvalue weighted by Crippen LogP contribution is 2.50. The van der Waals surface area contributed by atoms with Crippen LogP contribution in [0.2, 0.25) is 0 Å². The van der Waals surface area contributed by atoms with Crippen molar-refractivity contribution in [2.45, 2.75) is 19.3 Å². The Hall–Kier alpha value is -3.19. The molecule has 2 aliphatic rings. The van der Waals surface area contributed by atoms with Crippen LogP contribution < -0.4 is 0 Å². The Morgan fingerprint density at radius 3 is 2.52 bits per heavy atom. The number of nitrogens with zero attached hydrogens (tertiary/aromatic N) is 2. The maximum Gasteiger partial charge on any atom is 0.310 e. The fourth-order valence-electron chi connectivity index (χ4n) is 5.79. The molecule has 7 heteroatoms. The minimum atomic E-state index is -0.953. The molecule has 2 fully saturated rings. The van der Waals surface area contributed by atoms with Crippen LogP contribution in [-0.4, -0.2) is 46.9 Å². The number of hydrogen-bond acceptors (Lipinski definition) is 5. The van der Waals surface area contributed by atoms with Gasteiger partial charge < -0.3 is 19.1 Å². The Balaban J connectivity index is 1.49. The number of aryl methyl sites for hydroxylation is 2. The second kappa shape index (κ2) is 8.30. The van der Waals surface area contributed by atoms with Gasteiger partial charge in [-0.3, -0.25) is 9.59 Å². The maximum absolute atomic E-state index is 12.8. The molecule has 2 aromatic carbocycles. The van der Waals surface area contributed by atoms with Gasteiger partial charge >= 0.3 is 11.9 Å². The minimum absolute atomic E-state index is 0.131. The van der Waals surface area contributed by atoms with Crippen molar-refractivity contribution in [1.29, 1.82) is 0 Å². The molecule has 5 unspecified atom stereocenters. The van der Waals surface area contributed by atoms with Gasteiger partial charge in [0.15, 0.2) is 0 Å². The number of rotatable bonds is 4. The lowest BCUT2D eigenvalue weighted by Crippen LogP contribution is -2.46. The summed E-state index contributed by atoms with van der Waals surface area (Å²) in [5, 5.41) is 9.99. The average Bonchev–Trinajstić information content (AvgIpc) is 3.40. The van der Waals surface area contributed by atoms with Crippen molar-refractivity contribution in [2.75, 3.05) is 20.3 Å². The van der Waals surface area contributed by atoms with Gasteiger partial charge in [-0.2, -0.15) is 0 Å². The van der Waals surface area contributed by atoms with Gasteiger partial charge in [0, 0.05) is 19.6 Å². The highest BCUT2D eigenvalue weighted by molar-refractivity contribution is 5.84. The van der Waals surface area contributed by atoms with Crippen LogP contribution in [0, 0.1) is 30.6 Å². The molecule has 0 radical (unpaired) electrons. The molecule has 1 aromatic heterocycles. The Morgan fingerprint density at radius 2 is 1.82 bits per heavy atom. The molecule has 5 atom stereocenters. The second-order valence-electron chi connectivity index (χ2n) is 9.26. The van der Waals surface area contributed by atoms with Crippen molar-refractivity contribution >= 4 is 23.0 Å². The number of aliphatic carboxylic acids is 1. The molecule has 33 heavy (non-hydrogen) atoms. The molecule has 1 saturated carbocycles. The Labute approximate surface area is 192 Å². The van der Waals surface area contributed by atoms with E-state index in [1.807, 2.05) is 38.2 Å². The molecular weight excluding hydrogens is 420 g/mol. The first-order chi connectivity index (χ1) is 15.9. The van der Waals surface area contributed by atoms with Crippen LogP contribution in [0.3, 0.4) is 0 Å². The number of carboxylic acids is 1. The lowest BCUT2D eigenvalue weighted by Gasteiger charge is -2.41. The third-order valence-corrected chi connectivity index (χ3v) is 7.62. The molecule has 1 N–H and O–H groups in total. The molecule has 3 aromatic rings. The third-order valence-electron chi connectivity index (χ3n) is 7.62. The zero-order valence-corrected chi connectivity index (χ0v) is 19.0. The number of imidazole rings is 1. The van der Waals surface area contributed by atoms with E-state index < -0.39 is 23.8 Å². The summed E-state index contributed by atoms with van der Waals surface area (Å²) in [4.78, 5) is 29.6. The smallest absolute Gasteiger partial charge is 0.310 e. The van der Waals surface area contributed by atoms with Crippen LogP contribution in [0.4, 0.5) is 0 Å². The summed E-state index contributed by atoms with van der Waals surface area (Å²) in [5.41, 5.74) is 5.11. The van der Waals surface area contributed by atoms with Crippen LogP contribution in [0.1, 0.15) is 23.7 Å². The van der Waals surface area contributed by atoms with Crippen LogP contribution in [0.25, 0.3) is 22.2 Å². The van der Waals surface area contributed by atoms with Crippen molar-refractivity contribution in [3.05, 3.63) is 53.9 Å². The number of carboxylic acid groups (broad SMARTS) is 1. The molecule has 1 aliphatic heterocycles. The Bertz CT molecular complexity index is 1220. The zero-order chi connectivity index (χ0) is 23.3. The van der Waals surface area contributed by atoms with Crippen molar-refractivity contribution < 1.29 is 24.2 Å². The molecule has 5 rings (SSSR count). The molecule has 0 bridgehead atoms. The maximum atomic E-state index is 12.8. The topological polar surface area (TPSA) is 90.6 Å². The standard InChI is InChI=1S/C26H28N2O5/c1-14-27-21-11-17(8-9-22(21)28(14)2)15-4-6-16(7-5-15)19-10-18-12-33-13-20(18)23(25(29)30)24(19)26(31)32-3/h4-9,11,18-20,23-24H,10,12-13H2,1-3H3,(H,29,30). The van der Waals surface area contributed by atoms with Gasteiger partial charge in [0.1, 0.15) is 5.82 Å². The van der Waals surface area contributed by atoms with Crippen LogP contribution in [0.15, 0.2) is 42.5 Å². The van der Waals surface area contributed by atoms with E-state index in [-0.39, 0.29) is 17.8 Å².